The van der Waals surface area contributed by atoms with Gasteiger partial charge in [0.2, 0.25) is 0 Å². The lowest BCUT2D eigenvalue weighted by molar-refractivity contribution is 0.419. The standard InChI is InChI=1S/C23H24N4O3S/c1-14-9-10-20(16(3)11-14)31(28,29)26-22-13-17(4)25-27(22)21-12-15(2)18-7-6-8-19(30-5)23(18)24-21/h6-13,26H,1-5H3. The van der Waals surface area contributed by atoms with Crippen LogP contribution >= 0.6 is 0 Å². The van der Waals surface area contributed by atoms with Crippen molar-refractivity contribution in [1.82, 2.24) is 14.8 Å². The molecule has 2 aromatic heterocycles. The number of ether oxygens (including phenoxy) is 1. The zero-order valence-corrected chi connectivity index (χ0v) is 18.9. The lowest BCUT2D eigenvalue weighted by atomic mass is 10.1. The van der Waals surface area contributed by atoms with Crippen molar-refractivity contribution in [1.29, 1.82) is 0 Å². The minimum atomic E-state index is -3.81. The molecular weight excluding hydrogens is 412 g/mol. The number of rotatable bonds is 5. The van der Waals surface area contributed by atoms with E-state index in [2.05, 4.69) is 9.82 Å². The van der Waals surface area contributed by atoms with Crippen LogP contribution < -0.4 is 9.46 Å². The van der Waals surface area contributed by atoms with E-state index < -0.39 is 10.0 Å². The quantitative estimate of drug-likeness (QED) is 0.499. The van der Waals surface area contributed by atoms with Crippen molar-refractivity contribution in [2.45, 2.75) is 32.6 Å². The van der Waals surface area contributed by atoms with Crippen LogP contribution in [0.25, 0.3) is 16.7 Å². The Morgan fingerprint density at radius 2 is 1.74 bits per heavy atom. The fourth-order valence-corrected chi connectivity index (χ4v) is 4.95. The van der Waals surface area contributed by atoms with Crippen LogP contribution in [0.15, 0.2) is 53.4 Å². The summed E-state index contributed by atoms with van der Waals surface area (Å²) in [6, 6.07) is 14.5. The Balaban J connectivity index is 1.83. The maximum atomic E-state index is 13.1. The Hall–Kier alpha value is -3.39. The van der Waals surface area contributed by atoms with E-state index in [0.29, 0.717) is 34.2 Å². The first-order valence-corrected chi connectivity index (χ1v) is 11.3. The molecule has 0 aliphatic heterocycles. The zero-order valence-electron chi connectivity index (χ0n) is 18.1. The number of sulfonamides is 1. The number of benzene rings is 2. The van der Waals surface area contributed by atoms with Gasteiger partial charge in [0.05, 0.1) is 17.7 Å². The minimum Gasteiger partial charge on any atom is -0.494 e. The highest BCUT2D eigenvalue weighted by atomic mass is 32.2. The summed E-state index contributed by atoms with van der Waals surface area (Å²) in [6.07, 6.45) is 0. The Morgan fingerprint density at radius 1 is 0.968 bits per heavy atom. The van der Waals surface area contributed by atoms with Crippen LogP contribution in [0.4, 0.5) is 5.82 Å². The van der Waals surface area contributed by atoms with E-state index >= 15 is 0 Å². The van der Waals surface area contributed by atoms with Gasteiger partial charge in [-0.3, -0.25) is 4.72 Å². The summed E-state index contributed by atoms with van der Waals surface area (Å²) in [5, 5.41) is 5.45. The lowest BCUT2D eigenvalue weighted by Crippen LogP contribution is -2.17. The number of para-hydroxylation sites is 1. The predicted octanol–water partition coefficient (Wildman–Crippen LogP) is 4.46. The van der Waals surface area contributed by atoms with Gasteiger partial charge in [0.15, 0.2) is 5.82 Å². The molecule has 2 heterocycles. The van der Waals surface area contributed by atoms with Gasteiger partial charge in [0.25, 0.3) is 10.0 Å². The molecule has 1 N–H and O–H groups in total. The first kappa shape index (κ1) is 20.9. The number of aryl methyl sites for hydroxylation is 4. The molecule has 0 unspecified atom stereocenters. The second-order valence-electron chi connectivity index (χ2n) is 7.61. The molecule has 0 fully saturated rings. The van der Waals surface area contributed by atoms with Gasteiger partial charge in [0.1, 0.15) is 17.1 Å². The molecule has 160 valence electrons. The summed E-state index contributed by atoms with van der Waals surface area (Å²) in [5.41, 5.74) is 4.02. The van der Waals surface area contributed by atoms with Crippen LogP contribution in [0, 0.1) is 27.7 Å². The van der Waals surface area contributed by atoms with Gasteiger partial charge in [-0.15, -0.1) is 0 Å². The summed E-state index contributed by atoms with van der Waals surface area (Å²) in [7, 11) is -2.21. The van der Waals surface area contributed by atoms with Crippen LogP contribution in [-0.2, 0) is 10.0 Å². The number of hydrogen-bond acceptors (Lipinski definition) is 5. The van der Waals surface area contributed by atoms with Crippen LogP contribution in [0.5, 0.6) is 5.75 Å². The third-order valence-electron chi connectivity index (χ3n) is 5.12. The van der Waals surface area contributed by atoms with Crippen molar-refractivity contribution >= 4 is 26.7 Å². The molecular formula is C23H24N4O3S. The number of pyridine rings is 1. The Bertz CT molecular complexity index is 1410. The molecule has 0 aliphatic rings. The zero-order chi connectivity index (χ0) is 22.3. The highest BCUT2D eigenvalue weighted by molar-refractivity contribution is 7.92. The molecule has 7 nitrogen and oxygen atoms in total. The van der Waals surface area contributed by atoms with Crippen molar-refractivity contribution in [2.24, 2.45) is 0 Å². The molecule has 8 heteroatoms. The first-order valence-electron chi connectivity index (χ1n) is 9.81. The van der Waals surface area contributed by atoms with Gasteiger partial charge in [-0.2, -0.15) is 9.78 Å². The minimum absolute atomic E-state index is 0.229. The summed E-state index contributed by atoms with van der Waals surface area (Å²) >= 11 is 0. The molecule has 2 aromatic carbocycles. The van der Waals surface area contributed by atoms with Crippen LogP contribution in [0.2, 0.25) is 0 Å². The van der Waals surface area contributed by atoms with Gasteiger partial charge in [0, 0.05) is 11.5 Å². The molecule has 4 rings (SSSR count). The fourth-order valence-electron chi connectivity index (χ4n) is 3.69. The van der Waals surface area contributed by atoms with E-state index in [-0.39, 0.29) is 4.90 Å². The normalized spacial score (nSPS) is 11.6. The second kappa shape index (κ2) is 7.70. The Kier molecular flexibility index (Phi) is 5.18. The highest BCUT2D eigenvalue weighted by Crippen LogP contribution is 2.29. The van der Waals surface area contributed by atoms with Crippen molar-refractivity contribution in [3.8, 4) is 11.6 Å². The maximum absolute atomic E-state index is 13.1. The molecule has 0 atom stereocenters. The topological polar surface area (TPSA) is 86.1 Å². The predicted molar refractivity (Wildman–Crippen MR) is 122 cm³/mol. The van der Waals surface area contributed by atoms with E-state index in [0.717, 1.165) is 16.5 Å². The number of nitrogens with one attached hydrogen (secondary N) is 1. The third kappa shape index (κ3) is 3.86. The largest absolute Gasteiger partial charge is 0.494 e. The summed E-state index contributed by atoms with van der Waals surface area (Å²) in [5.74, 6) is 1.46. The maximum Gasteiger partial charge on any atom is 0.263 e. The van der Waals surface area contributed by atoms with Crippen molar-refractivity contribution in [3.05, 3.63) is 70.9 Å². The van der Waals surface area contributed by atoms with Crippen molar-refractivity contribution in [2.75, 3.05) is 11.8 Å². The third-order valence-corrected chi connectivity index (χ3v) is 6.64. The number of fused-ring (bicyclic) bond motifs is 1. The smallest absolute Gasteiger partial charge is 0.263 e. The van der Waals surface area contributed by atoms with Gasteiger partial charge >= 0.3 is 0 Å². The Morgan fingerprint density at radius 3 is 2.45 bits per heavy atom. The number of nitrogens with zero attached hydrogens (tertiary/aromatic N) is 3. The fraction of sp³-hybridized carbons (Fsp3) is 0.217. The SMILES string of the molecule is COc1cccc2c(C)cc(-n3nc(C)cc3NS(=O)(=O)c3ccc(C)cc3C)nc12. The number of aromatic nitrogens is 3. The van der Waals surface area contributed by atoms with Gasteiger partial charge in [-0.25, -0.2) is 13.4 Å². The molecule has 0 radical (unpaired) electrons. The molecule has 4 aromatic rings. The van der Waals surface area contributed by atoms with E-state index in [1.54, 1.807) is 39.2 Å². The summed E-state index contributed by atoms with van der Waals surface area (Å²) in [4.78, 5) is 4.95. The van der Waals surface area contributed by atoms with Gasteiger partial charge in [-0.05, 0) is 57.0 Å². The lowest BCUT2D eigenvalue weighted by Gasteiger charge is -2.14. The molecule has 0 bridgehead atoms. The monoisotopic (exact) mass is 436 g/mol. The molecule has 0 amide bonds. The van der Waals surface area contributed by atoms with E-state index in [9.17, 15) is 8.42 Å². The van der Waals surface area contributed by atoms with Crippen LogP contribution in [0.3, 0.4) is 0 Å². The number of hydrogen-bond donors (Lipinski definition) is 1. The summed E-state index contributed by atoms with van der Waals surface area (Å²) in [6.45, 7) is 7.49. The van der Waals surface area contributed by atoms with Gasteiger partial charge < -0.3 is 4.74 Å². The van der Waals surface area contributed by atoms with Crippen LogP contribution in [-0.4, -0.2) is 30.3 Å². The van der Waals surface area contributed by atoms with Gasteiger partial charge in [-0.1, -0.05) is 29.8 Å². The first-order chi connectivity index (χ1) is 14.7. The number of methoxy groups -OCH3 is 1. The Labute approximate surface area is 181 Å². The molecule has 0 spiro atoms. The van der Waals surface area contributed by atoms with E-state index in [4.69, 9.17) is 9.72 Å². The molecule has 0 saturated carbocycles. The van der Waals surface area contributed by atoms with E-state index in [1.807, 2.05) is 44.2 Å². The average molecular weight is 437 g/mol. The van der Waals surface area contributed by atoms with Crippen LogP contribution in [0.1, 0.15) is 22.4 Å². The second-order valence-corrected chi connectivity index (χ2v) is 9.26. The average Bonchev–Trinajstić information content (AvgIpc) is 3.06. The highest BCUT2D eigenvalue weighted by Gasteiger charge is 2.21. The molecule has 0 saturated heterocycles. The van der Waals surface area contributed by atoms with Crippen molar-refractivity contribution < 1.29 is 13.2 Å². The summed E-state index contributed by atoms with van der Waals surface area (Å²) < 4.78 is 35.9. The van der Waals surface area contributed by atoms with Crippen molar-refractivity contribution in [3.63, 3.8) is 0 Å². The van der Waals surface area contributed by atoms with E-state index in [1.165, 1.54) is 4.68 Å². The molecule has 0 aliphatic carbocycles. The number of anilines is 1. The molecule has 31 heavy (non-hydrogen) atoms.